The Balaban J connectivity index is 2.81. The summed E-state index contributed by atoms with van der Waals surface area (Å²) >= 11 is 0. The quantitative estimate of drug-likeness (QED) is 0.795. The van der Waals surface area contributed by atoms with Crippen LogP contribution < -0.4 is 5.32 Å². The van der Waals surface area contributed by atoms with Gasteiger partial charge in [0.05, 0.1) is 17.7 Å². The Morgan fingerprint density at radius 3 is 2.88 bits per heavy atom. The number of aromatic carboxylic acids is 1. The maximum Gasteiger partial charge on any atom is 0.335 e. The van der Waals surface area contributed by atoms with Crippen molar-refractivity contribution in [3.63, 3.8) is 0 Å². The van der Waals surface area contributed by atoms with Crippen LogP contribution in [0.5, 0.6) is 0 Å². The third-order valence-electron chi connectivity index (χ3n) is 1.98. The van der Waals surface area contributed by atoms with Crippen LogP contribution in [0, 0.1) is 0 Å². The molecule has 0 atom stereocenters. The zero-order valence-electron chi connectivity index (χ0n) is 9.65. The van der Waals surface area contributed by atoms with Gasteiger partial charge in [0.25, 0.3) is 0 Å². The van der Waals surface area contributed by atoms with Gasteiger partial charge in [-0.15, -0.1) is 0 Å². The Morgan fingerprint density at radius 1 is 1.62 bits per heavy atom. The molecule has 2 N–H and O–H groups in total. The molecule has 0 saturated carbocycles. The summed E-state index contributed by atoms with van der Waals surface area (Å²) in [6.07, 6.45) is 1.47. The summed E-state index contributed by atoms with van der Waals surface area (Å²) in [6.45, 7) is 4.41. The third kappa shape index (κ3) is 3.51. The normalized spacial score (nSPS) is 11.2. The number of pyridine rings is 1. The van der Waals surface area contributed by atoms with Crippen molar-refractivity contribution in [1.29, 1.82) is 0 Å². The first-order chi connectivity index (χ1) is 7.44. The minimum absolute atomic E-state index is 0.214. The average molecular weight is 224 g/mol. The van der Waals surface area contributed by atoms with E-state index in [4.69, 9.17) is 9.84 Å². The second-order valence-corrected chi connectivity index (χ2v) is 4.18. The number of aromatic nitrogens is 1. The lowest BCUT2D eigenvalue weighted by atomic mass is 10.1. The molecule has 0 radical (unpaired) electrons. The molecule has 0 bridgehead atoms. The fraction of sp³-hybridized carbons (Fsp3) is 0.455. The lowest BCUT2D eigenvalue weighted by molar-refractivity contribution is 0.0697. The number of nitrogens with one attached hydrogen (secondary N) is 1. The van der Waals surface area contributed by atoms with Gasteiger partial charge in [0.2, 0.25) is 0 Å². The van der Waals surface area contributed by atoms with Gasteiger partial charge in [-0.1, -0.05) is 0 Å². The number of carboxylic acids is 1. The van der Waals surface area contributed by atoms with E-state index in [2.05, 4.69) is 10.3 Å². The van der Waals surface area contributed by atoms with Crippen LogP contribution in [0.15, 0.2) is 18.3 Å². The maximum atomic E-state index is 10.8. The number of anilines is 1. The highest BCUT2D eigenvalue weighted by Crippen LogP contribution is 2.14. The van der Waals surface area contributed by atoms with E-state index < -0.39 is 5.97 Å². The molecule has 1 heterocycles. The minimum Gasteiger partial charge on any atom is -0.478 e. The van der Waals surface area contributed by atoms with Gasteiger partial charge >= 0.3 is 5.97 Å². The molecular weight excluding hydrogens is 208 g/mol. The number of ether oxygens (including phenoxy) is 1. The number of methoxy groups -OCH3 is 1. The van der Waals surface area contributed by atoms with Gasteiger partial charge in [-0.3, -0.25) is 0 Å². The molecule has 0 aliphatic carbocycles. The van der Waals surface area contributed by atoms with Crippen molar-refractivity contribution in [3.8, 4) is 0 Å². The average Bonchev–Trinajstić information content (AvgIpc) is 2.17. The Bertz CT molecular complexity index is 377. The van der Waals surface area contributed by atoms with Gasteiger partial charge in [-0.2, -0.15) is 0 Å². The van der Waals surface area contributed by atoms with Gasteiger partial charge in [0.1, 0.15) is 5.82 Å². The zero-order valence-corrected chi connectivity index (χ0v) is 9.65. The first-order valence-corrected chi connectivity index (χ1v) is 4.91. The Labute approximate surface area is 94.5 Å². The largest absolute Gasteiger partial charge is 0.478 e. The lowest BCUT2D eigenvalue weighted by Gasteiger charge is -2.25. The monoisotopic (exact) mass is 224 g/mol. The van der Waals surface area contributed by atoms with Gasteiger partial charge in [0, 0.05) is 13.3 Å². The molecule has 0 aromatic carbocycles. The molecule has 0 aliphatic heterocycles. The van der Waals surface area contributed by atoms with Crippen molar-refractivity contribution in [3.05, 3.63) is 23.9 Å². The van der Waals surface area contributed by atoms with Crippen molar-refractivity contribution in [2.45, 2.75) is 19.4 Å². The van der Waals surface area contributed by atoms with E-state index in [1.165, 1.54) is 18.3 Å². The second kappa shape index (κ2) is 4.94. The Kier molecular flexibility index (Phi) is 3.84. The van der Waals surface area contributed by atoms with Crippen molar-refractivity contribution < 1.29 is 14.6 Å². The van der Waals surface area contributed by atoms with E-state index in [0.29, 0.717) is 12.4 Å². The van der Waals surface area contributed by atoms with Gasteiger partial charge in [-0.05, 0) is 26.0 Å². The molecule has 5 nitrogen and oxygen atoms in total. The molecule has 0 fully saturated rings. The fourth-order valence-corrected chi connectivity index (χ4v) is 1.38. The van der Waals surface area contributed by atoms with Crippen LogP contribution >= 0.6 is 0 Å². The van der Waals surface area contributed by atoms with Crippen LogP contribution in [-0.4, -0.2) is 35.3 Å². The van der Waals surface area contributed by atoms with E-state index in [1.807, 2.05) is 13.8 Å². The fourth-order valence-electron chi connectivity index (χ4n) is 1.38. The third-order valence-corrected chi connectivity index (χ3v) is 1.98. The number of carbonyl (C=O) groups is 1. The SMILES string of the molecule is COCC(C)(C)Nc1cc(C(=O)O)ccn1. The second-order valence-electron chi connectivity index (χ2n) is 4.18. The lowest BCUT2D eigenvalue weighted by Crippen LogP contribution is -2.36. The standard InChI is InChI=1S/C11H16N2O3/c1-11(2,7-16-3)13-9-6-8(10(14)15)4-5-12-9/h4-6H,7H2,1-3H3,(H,12,13)(H,14,15). The minimum atomic E-state index is -0.963. The van der Waals surface area contributed by atoms with E-state index in [-0.39, 0.29) is 11.1 Å². The molecular formula is C11H16N2O3. The molecule has 88 valence electrons. The smallest absolute Gasteiger partial charge is 0.335 e. The van der Waals surface area contributed by atoms with Gasteiger partial charge in [-0.25, -0.2) is 9.78 Å². The molecule has 16 heavy (non-hydrogen) atoms. The predicted octanol–water partition coefficient (Wildman–Crippen LogP) is 1.62. The van der Waals surface area contributed by atoms with E-state index in [1.54, 1.807) is 7.11 Å². The molecule has 0 aliphatic rings. The van der Waals surface area contributed by atoms with Crippen LogP contribution in [0.4, 0.5) is 5.82 Å². The summed E-state index contributed by atoms with van der Waals surface area (Å²) in [5, 5.41) is 11.9. The number of hydrogen-bond acceptors (Lipinski definition) is 4. The molecule has 1 aromatic rings. The van der Waals surface area contributed by atoms with Crippen molar-refractivity contribution >= 4 is 11.8 Å². The summed E-state index contributed by atoms with van der Waals surface area (Å²) < 4.78 is 5.05. The summed E-state index contributed by atoms with van der Waals surface area (Å²) in [6, 6.07) is 2.95. The summed E-state index contributed by atoms with van der Waals surface area (Å²) in [7, 11) is 1.62. The van der Waals surface area contributed by atoms with E-state index >= 15 is 0 Å². The van der Waals surface area contributed by atoms with Crippen molar-refractivity contribution in [2.75, 3.05) is 19.0 Å². The molecule has 1 rings (SSSR count). The summed E-state index contributed by atoms with van der Waals surface area (Å²) in [4.78, 5) is 14.8. The Morgan fingerprint density at radius 2 is 2.31 bits per heavy atom. The first kappa shape index (κ1) is 12.4. The number of hydrogen-bond donors (Lipinski definition) is 2. The molecule has 0 amide bonds. The van der Waals surface area contributed by atoms with Crippen LogP contribution in [0.1, 0.15) is 24.2 Å². The summed E-state index contributed by atoms with van der Waals surface area (Å²) in [5.41, 5.74) is -0.0792. The van der Waals surface area contributed by atoms with Crippen LogP contribution in [-0.2, 0) is 4.74 Å². The topological polar surface area (TPSA) is 71.5 Å². The van der Waals surface area contributed by atoms with Crippen LogP contribution in [0.3, 0.4) is 0 Å². The number of nitrogens with zero attached hydrogens (tertiary/aromatic N) is 1. The van der Waals surface area contributed by atoms with Crippen molar-refractivity contribution in [2.24, 2.45) is 0 Å². The molecule has 0 unspecified atom stereocenters. The highest BCUT2D eigenvalue weighted by atomic mass is 16.5. The zero-order chi connectivity index (χ0) is 12.2. The number of carboxylic acid groups (broad SMARTS) is 1. The van der Waals surface area contributed by atoms with E-state index in [9.17, 15) is 4.79 Å². The molecule has 1 aromatic heterocycles. The molecule has 0 saturated heterocycles. The number of rotatable bonds is 5. The highest BCUT2D eigenvalue weighted by molar-refractivity contribution is 5.88. The molecule has 0 spiro atoms. The van der Waals surface area contributed by atoms with Crippen LogP contribution in [0.2, 0.25) is 0 Å². The van der Waals surface area contributed by atoms with Crippen LogP contribution in [0.25, 0.3) is 0 Å². The van der Waals surface area contributed by atoms with Gasteiger partial charge < -0.3 is 15.2 Å². The van der Waals surface area contributed by atoms with Gasteiger partial charge in [0.15, 0.2) is 0 Å². The summed E-state index contributed by atoms with van der Waals surface area (Å²) in [5.74, 6) is -0.433. The maximum absolute atomic E-state index is 10.8. The predicted molar refractivity (Wildman–Crippen MR) is 60.8 cm³/mol. The van der Waals surface area contributed by atoms with Crippen molar-refractivity contribution in [1.82, 2.24) is 4.98 Å². The van der Waals surface area contributed by atoms with E-state index in [0.717, 1.165) is 0 Å². The highest BCUT2D eigenvalue weighted by Gasteiger charge is 2.18. The Hall–Kier alpha value is -1.62. The first-order valence-electron chi connectivity index (χ1n) is 4.91. The molecule has 5 heteroatoms.